The van der Waals surface area contributed by atoms with Crippen LogP contribution in [0.1, 0.15) is 55.2 Å². The van der Waals surface area contributed by atoms with Crippen molar-refractivity contribution in [3.63, 3.8) is 0 Å². The van der Waals surface area contributed by atoms with E-state index in [9.17, 15) is 35.6 Å². The maximum absolute atomic E-state index is 15.1. The molecule has 0 spiro atoms. The summed E-state index contributed by atoms with van der Waals surface area (Å²) in [5.74, 6) is -3.43. The standard InChI is InChI=1S/C32H29F5O7S/c1-43-28-18-21(3-12-29(38)39)2-11-27(28)44-30(40)13-4-20-14-16-31(17-15-20,25-19-23(33)7-10-26(25)34)45(41,42)24-8-5-22(6-9-24)32(35,36)37/h2-3,5-12,18-20H,4,13-17H2,1H3,(H,38,39). The van der Waals surface area contributed by atoms with Gasteiger partial charge in [-0.15, -0.1) is 0 Å². The highest BCUT2D eigenvalue weighted by Gasteiger charge is 2.50. The van der Waals surface area contributed by atoms with Gasteiger partial charge >= 0.3 is 18.1 Å². The summed E-state index contributed by atoms with van der Waals surface area (Å²) in [7, 11) is -3.16. The molecule has 7 nitrogen and oxygen atoms in total. The van der Waals surface area contributed by atoms with Crippen LogP contribution in [0.5, 0.6) is 11.5 Å². The van der Waals surface area contributed by atoms with Crippen molar-refractivity contribution in [2.24, 2.45) is 5.92 Å². The van der Waals surface area contributed by atoms with Crippen LogP contribution in [0.15, 0.2) is 71.6 Å². The molecule has 1 aliphatic rings. The second-order valence-electron chi connectivity index (χ2n) is 10.7. The number of carboxylic acids is 1. The average molecular weight is 653 g/mol. The van der Waals surface area contributed by atoms with E-state index in [-0.39, 0.29) is 49.5 Å². The molecule has 0 amide bonds. The Balaban J connectivity index is 1.50. The molecule has 1 fully saturated rings. The quantitative estimate of drug-likeness (QED) is 0.106. The van der Waals surface area contributed by atoms with Gasteiger partial charge in [-0.1, -0.05) is 6.07 Å². The van der Waals surface area contributed by atoms with Gasteiger partial charge in [0.1, 0.15) is 16.4 Å². The van der Waals surface area contributed by atoms with Crippen LogP contribution in [0.4, 0.5) is 22.0 Å². The van der Waals surface area contributed by atoms with Gasteiger partial charge in [-0.3, -0.25) is 4.79 Å². The fourth-order valence-electron chi connectivity index (χ4n) is 5.55. The van der Waals surface area contributed by atoms with E-state index in [2.05, 4.69) is 0 Å². The van der Waals surface area contributed by atoms with E-state index in [0.717, 1.165) is 36.4 Å². The minimum absolute atomic E-state index is 0.0541. The number of methoxy groups -OCH3 is 1. The lowest BCUT2D eigenvalue weighted by Crippen LogP contribution is -2.40. The van der Waals surface area contributed by atoms with Gasteiger partial charge in [0.2, 0.25) is 0 Å². The summed E-state index contributed by atoms with van der Waals surface area (Å²) in [5, 5.41) is 8.79. The number of rotatable bonds is 10. The molecule has 0 unspecified atom stereocenters. The lowest BCUT2D eigenvalue weighted by molar-refractivity contribution is -0.137. The van der Waals surface area contributed by atoms with E-state index < -0.39 is 60.4 Å². The summed E-state index contributed by atoms with van der Waals surface area (Å²) >= 11 is 0. The van der Waals surface area contributed by atoms with Crippen LogP contribution in [0.25, 0.3) is 6.08 Å². The molecule has 1 N–H and O–H groups in total. The first-order chi connectivity index (χ1) is 21.2. The molecule has 0 aliphatic heterocycles. The van der Waals surface area contributed by atoms with E-state index >= 15 is 4.39 Å². The van der Waals surface area contributed by atoms with Crippen molar-refractivity contribution in [1.29, 1.82) is 0 Å². The predicted octanol–water partition coefficient (Wildman–Crippen LogP) is 7.34. The molecule has 1 saturated carbocycles. The number of benzene rings is 3. The zero-order valence-corrected chi connectivity index (χ0v) is 24.8. The Hall–Kier alpha value is -4.26. The maximum atomic E-state index is 15.1. The Labute approximate surface area is 256 Å². The number of carboxylic acid groups (broad SMARTS) is 1. The van der Waals surface area contributed by atoms with Gasteiger partial charge in [-0.25, -0.2) is 22.0 Å². The molecule has 3 aromatic carbocycles. The first-order valence-corrected chi connectivity index (χ1v) is 15.3. The van der Waals surface area contributed by atoms with Gasteiger partial charge in [-0.2, -0.15) is 13.2 Å². The predicted molar refractivity (Wildman–Crippen MR) is 153 cm³/mol. The van der Waals surface area contributed by atoms with E-state index in [4.69, 9.17) is 14.6 Å². The second kappa shape index (κ2) is 13.4. The van der Waals surface area contributed by atoms with Crippen LogP contribution >= 0.6 is 0 Å². The minimum atomic E-state index is -4.69. The highest BCUT2D eigenvalue weighted by atomic mass is 32.2. The third kappa shape index (κ3) is 7.52. The first kappa shape index (κ1) is 33.6. The Morgan fingerprint density at radius 3 is 2.24 bits per heavy atom. The number of hydrogen-bond donors (Lipinski definition) is 1. The molecule has 1 aliphatic carbocycles. The monoisotopic (exact) mass is 652 g/mol. The summed E-state index contributed by atoms with van der Waals surface area (Å²) in [6.07, 6.45) is -2.07. The van der Waals surface area contributed by atoms with Crippen molar-refractivity contribution in [2.45, 2.75) is 54.3 Å². The summed E-state index contributed by atoms with van der Waals surface area (Å²) in [4.78, 5) is 23.0. The fraction of sp³-hybridized carbons (Fsp3) is 0.312. The second-order valence-corrected chi connectivity index (χ2v) is 12.9. The Morgan fingerprint density at radius 2 is 1.64 bits per heavy atom. The number of sulfone groups is 1. The zero-order valence-electron chi connectivity index (χ0n) is 23.9. The number of hydrogen-bond acceptors (Lipinski definition) is 6. The molecule has 0 radical (unpaired) electrons. The zero-order chi connectivity index (χ0) is 33.0. The molecular weight excluding hydrogens is 623 g/mol. The fourth-order valence-corrected chi connectivity index (χ4v) is 7.71. The number of esters is 1. The Kier molecular flexibility index (Phi) is 10.0. The number of ether oxygens (including phenoxy) is 2. The van der Waals surface area contributed by atoms with Crippen LogP contribution in [0, 0.1) is 17.6 Å². The van der Waals surface area contributed by atoms with Crippen molar-refractivity contribution >= 4 is 27.9 Å². The molecule has 0 heterocycles. The minimum Gasteiger partial charge on any atom is -0.493 e. The van der Waals surface area contributed by atoms with Crippen molar-refractivity contribution in [2.75, 3.05) is 7.11 Å². The van der Waals surface area contributed by atoms with Gasteiger partial charge in [0.05, 0.1) is 17.6 Å². The molecule has 0 atom stereocenters. The SMILES string of the molecule is COc1cc(C=CC(=O)O)ccc1OC(=O)CCC1CCC(c2cc(F)ccc2F)(S(=O)(=O)c2ccc(C(F)(F)F)cc2)CC1. The number of aliphatic carboxylic acids is 1. The van der Waals surface area contributed by atoms with Crippen LogP contribution in [-0.4, -0.2) is 32.6 Å². The van der Waals surface area contributed by atoms with E-state index in [1.54, 1.807) is 0 Å². The van der Waals surface area contributed by atoms with Gasteiger partial charge in [-0.05, 0) is 104 Å². The number of alkyl halides is 3. The molecule has 240 valence electrons. The van der Waals surface area contributed by atoms with Crippen molar-refractivity contribution in [1.82, 2.24) is 0 Å². The summed E-state index contributed by atoms with van der Waals surface area (Å²) in [5.41, 5.74) is -0.943. The lowest BCUT2D eigenvalue weighted by atomic mass is 9.76. The molecule has 13 heteroatoms. The molecule has 0 bridgehead atoms. The van der Waals surface area contributed by atoms with Crippen molar-refractivity contribution in [3.05, 3.63) is 95.1 Å². The van der Waals surface area contributed by atoms with E-state index in [1.807, 2.05) is 0 Å². The summed E-state index contributed by atoms with van der Waals surface area (Å²) < 4.78 is 105. The van der Waals surface area contributed by atoms with Gasteiger partial charge in [0.15, 0.2) is 21.3 Å². The largest absolute Gasteiger partial charge is 0.493 e. The van der Waals surface area contributed by atoms with Gasteiger partial charge in [0, 0.05) is 18.1 Å². The first-order valence-electron chi connectivity index (χ1n) is 13.8. The normalized spacial score (nSPS) is 18.9. The third-order valence-electron chi connectivity index (χ3n) is 7.93. The molecule has 45 heavy (non-hydrogen) atoms. The van der Waals surface area contributed by atoms with Gasteiger partial charge in [0.25, 0.3) is 0 Å². The Morgan fingerprint density at radius 1 is 0.978 bits per heavy atom. The molecule has 0 aromatic heterocycles. The average Bonchev–Trinajstić information content (AvgIpc) is 3.00. The van der Waals surface area contributed by atoms with Crippen molar-refractivity contribution < 1.29 is 54.5 Å². The molecule has 4 rings (SSSR count). The third-order valence-corrected chi connectivity index (χ3v) is 10.5. The number of carbonyl (C=O) groups is 2. The molecular formula is C32H29F5O7S. The molecule has 0 saturated heterocycles. The number of halogens is 5. The van der Waals surface area contributed by atoms with Crippen molar-refractivity contribution in [3.8, 4) is 11.5 Å². The van der Waals surface area contributed by atoms with Crippen LogP contribution in [-0.2, 0) is 30.3 Å². The Bertz CT molecular complexity index is 1690. The molecule has 3 aromatic rings. The van der Waals surface area contributed by atoms with E-state index in [0.29, 0.717) is 24.1 Å². The lowest BCUT2D eigenvalue weighted by Gasteiger charge is -2.40. The van der Waals surface area contributed by atoms with E-state index in [1.165, 1.54) is 31.4 Å². The smallest absolute Gasteiger partial charge is 0.416 e. The van der Waals surface area contributed by atoms with Crippen LogP contribution in [0.3, 0.4) is 0 Å². The number of carbonyl (C=O) groups excluding carboxylic acids is 1. The van der Waals surface area contributed by atoms with Crippen LogP contribution in [0.2, 0.25) is 0 Å². The van der Waals surface area contributed by atoms with Crippen LogP contribution < -0.4 is 9.47 Å². The maximum Gasteiger partial charge on any atom is 0.416 e. The van der Waals surface area contributed by atoms with Gasteiger partial charge < -0.3 is 14.6 Å². The highest BCUT2D eigenvalue weighted by Crippen LogP contribution is 2.50. The summed E-state index contributed by atoms with van der Waals surface area (Å²) in [6.45, 7) is 0. The topological polar surface area (TPSA) is 107 Å². The summed E-state index contributed by atoms with van der Waals surface area (Å²) in [6, 6.07) is 9.87. The highest BCUT2D eigenvalue weighted by molar-refractivity contribution is 7.92.